The molecule has 0 spiro atoms. The number of carbonyl (C=O) groups excluding carboxylic acids is 1. The fourth-order valence-corrected chi connectivity index (χ4v) is 3.25. The molecular weight excluding hydrogens is 398 g/mol. The van der Waals surface area contributed by atoms with Crippen molar-refractivity contribution in [3.8, 4) is 5.75 Å². The van der Waals surface area contributed by atoms with Crippen LogP contribution in [0.4, 0.5) is 5.69 Å². The van der Waals surface area contributed by atoms with Gasteiger partial charge >= 0.3 is 11.7 Å². The van der Waals surface area contributed by atoms with Crippen LogP contribution in [0.1, 0.15) is 21.6 Å². The van der Waals surface area contributed by atoms with Crippen LogP contribution in [0.25, 0.3) is 10.8 Å². The Morgan fingerprint density at radius 3 is 2.42 bits per heavy atom. The lowest BCUT2D eigenvalue weighted by Crippen LogP contribution is -2.27. The highest BCUT2D eigenvalue weighted by molar-refractivity contribution is 6.03. The maximum atomic E-state index is 13.0. The summed E-state index contributed by atoms with van der Waals surface area (Å²) in [6, 6.07) is 20.0. The molecular formula is C23H17N3O5. The van der Waals surface area contributed by atoms with Crippen molar-refractivity contribution in [3.05, 3.63) is 110 Å². The van der Waals surface area contributed by atoms with E-state index < -0.39 is 10.9 Å². The molecule has 0 N–H and O–H groups in total. The summed E-state index contributed by atoms with van der Waals surface area (Å²) in [6.45, 7) is 1.89. The van der Waals surface area contributed by atoms with Gasteiger partial charge in [0, 0.05) is 11.5 Å². The molecule has 0 bridgehead atoms. The predicted octanol–water partition coefficient (Wildman–Crippen LogP) is 3.88. The second-order valence-electron chi connectivity index (χ2n) is 6.96. The number of nitro groups is 1. The van der Waals surface area contributed by atoms with Gasteiger partial charge in [-0.25, -0.2) is 9.48 Å². The van der Waals surface area contributed by atoms with Crippen LogP contribution in [0.15, 0.2) is 77.6 Å². The molecule has 154 valence electrons. The number of hydrogen-bond donors (Lipinski definition) is 0. The minimum atomic E-state index is -0.883. The van der Waals surface area contributed by atoms with Crippen molar-refractivity contribution in [3.63, 3.8) is 0 Å². The van der Waals surface area contributed by atoms with Crippen molar-refractivity contribution < 1.29 is 14.5 Å². The van der Waals surface area contributed by atoms with E-state index in [0.29, 0.717) is 16.3 Å². The number of hydrogen-bond acceptors (Lipinski definition) is 6. The van der Waals surface area contributed by atoms with E-state index in [0.717, 1.165) is 5.56 Å². The first-order valence-electron chi connectivity index (χ1n) is 9.45. The molecule has 1 aromatic heterocycles. The Labute approximate surface area is 176 Å². The van der Waals surface area contributed by atoms with Crippen molar-refractivity contribution >= 4 is 22.4 Å². The predicted molar refractivity (Wildman–Crippen MR) is 114 cm³/mol. The first-order chi connectivity index (χ1) is 14.9. The molecule has 0 atom stereocenters. The normalized spacial score (nSPS) is 10.7. The Kier molecular flexibility index (Phi) is 5.28. The van der Waals surface area contributed by atoms with Gasteiger partial charge in [0.15, 0.2) is 5.69 Å². The maximum absolute atomic E-state index is 13.0. The van der Waals surface area contributed by atoms with E-state index in [1.54, 1.807) is 37.3 Å². The van der Waals surface area contributed by atoms with Crippen molar-refractivity contribution in [2.75, 3.05) is 0 Å². The van der Waals surface area contributed by atoms with Gasteiger partial charge in [-0.15, -0.1) is 0 Å². The Morgan fingerprint density at radius 1 is 1.03 bits per heavy atom. The second-order valence-corrected chi connectivity index (χ2v) is 6.96. The van der Waals surface area contributed by atoms with Crippen LogP contribution < -0.4 is 10.3 Å². The Hall–Kier alpha value is -4.33. The lowest BCUT2D eigenvalue weighted by Gasteiger charge is -2.11. The highest BCUT2D eigenvalue weighted by Crippen LogP contribution is 2.29. The number of nitro benzene ring substituents is 1. The minimum absolute atomic E-state index is 0.0954. The summed E-state index contributed by atoms with van der Waals surface area (Å²) in [5.41, 5.74) is 0.752. The number of carbonyl (C=O) groups is 1. The molecule has 8 heteroatoms. The van der Waals surface area contributed by atoms with E-state index in [9.17, 15) is 19.7 Å². The van der Waals surface area contributed by atoms with E-state index >= 15 is 0 Å². The van der Waals surface area contributed by atoms with Crippen molar-refractivity contribution in [1.82, 2.24) is 9.78 Å². The zero-order chi connectivity index (χ0) is 22.0. The fourth-order valence-electron chi connectivity index (χ4n) is 3.25. The third-order valence-corrected chi connectivity index (χ3v) is 4.75. The van der Waals surface area contributed by atoms with Crippen LogP contribution in [0.3, 0.4) is 0 Å². The Balaban J connectivity index is 1.81. The monoisotopic (exact) mass is 415 g/mol. The van der Waals surface area contributed by atoms with Crippen molar-refractivity contribution in [2.24, 2.45) is 0 Å². The van der Waals surface area contributed by atoms with Gasteiger partial charge in [-0.3, -0.25) is 14.9 Å². The molecule has 8 nitrogen and oxygen atoms in total. The zero-order valence-electron chi connectivity index (χ0n) is 16.5. The van der Waals surface area contributed by atoms with Crippen LogP contribution >= 0.6 is 0 Å². The molecule has 4 aromatic rings. The van der Waals surface area contributed by atoms with Crippen LogP contribution in [-0.2, 0) is 6.54 Å². The number of nitrogens with zero attached hydrogens (tertiary/aromatic N) is 3. The highest BCUT2D eigenvalue weighted by atomic mass is 16.6. The number of benzene rings is 3. The quantitative estimate of drug-likeness (QED) is 0.212. The van der Waals surface area contributed by atoms with Gasteiger partial charge in [0.2, 0.25) is 5.75 Å². The molecule has 0 aliphatic rings. The van der Waals surface area contributed by atoms with Gasteiger partial charge in [-0.1, -0.05) is 54.6 Å². The fraction of sp³-hybridized carbons (Fsp3) is 0.0870. The number of fused-ring (bicyclic) bond motifs is 1. The second kappa shape index (κ2) is 8.19. The maximum Gasteiger partial charge on any atom is 0.365 e. The number of aryl methyl sites for hydroxylation is 1. The summed E-state index contributed by atoms with van der Waals surface area (Å²) in [5.74, 6) is -1.06. The summed E-state index contributed by atoms with van der Waals surface area (Å²) in [5, 5.41) is 16.2. The summed E-state index contributed by atoms with van der Waals surface area (Å²) in [6.07, 6.45) is 0. The Morgan fingerprint density at radius 2 is 1.71 bits per heavy atom. The van der Waals surface area contributed by atoms with Crippen molar-refractivity contribution in [2.45, 2.75) is 13.5 Å². The molecule has 0 aliphatic carbocycles. The molecule has 0 radical (unpaired) electrons. The van der Waals surface area contributed by atoms with Gasteiger partial charge in [0.05, 0.1) is 16.9 Å². The standard InChI is InChI=1S/C23H17N3O5/c1-15-11-12-19(26(29)30)20(13-15)31-23(28)21-17-9-5-6-10-18(17)22(27)25(24-21)14-16-7-3-2-4-8-16/h2-13H,14H2,1H3. The third kappa shape index (κ3) is 4.04. The highest BCUT2D eigenvalue weighted by Gasteiger charge is 2.23. The average molecular weight is 415 g/mol. The third-order valence-electron chi connectivity index (χ3n) is 4.75. The number of rotatable bonds is 5. The van der Waals surface area contributed by atoms with E-state index in [4.69, 9.17) is 4.74 Å². The molecule has 3 aromatic carbocycles. The van der Waals surface area contributed by atoms with E-state index in [2.05, 4.69) is 5.10 Å². The molecule has 0 unspecified atom stereocenters. The van der Waals surface area contributed by atoms with E-state index in [1.165, 1.54) is 16.8 Å². The van der Waals surface area contributed by atoms with E-state index in [-0.39, 0.29) is 29.2 Å². The van der Waals surface area contributed by atoms with Gasteiger partial charge in [-0.2, -0.15) is 5.10 Å². The molecule has 0 aliphatic heterocycles. The molecule has 0 amide bonds. The lowest BCUT2D eigenvalue weighted by molar-refractivity contribution is -0.385. The largest absolute Gasteiger partial charge is 0.414 e. The molecule has 0 saturated carbocycles. The van der Waals surface area contributed by atoms with Crippen LogP contribution in [0.2, 0.25) is 0 Å². The van der Waals surface area contributed by atoms with Gasteiger partial charge in [-0.05, 0) is 30.2 Å². The molecule has 0 fully saturated rings. The van der Waals surface area contributed by atoms with Crippen molar-refractivity contribution in [1.29, 1.82) is 0 Å². The number of esters is 1. The van der Waals surface area contributed by atoms with Crippen LogP contribution in [0, 0.1) is 17.0 Å². The number of ether oxygens (including phenoxy) is 1. The Bertz CT molecular complexity index is 1360. The zero-order valence-corrected chi connectivity index (χ0v) is 16.5. The molecule has 31 heavy (non-hydrogen) atoms. The van der Waals surface area contributed by atoms with Crippen LogP contribution in [-0.4, -0.2) is 20.7 Å². The van der Waals surface area contributed by atoms with Gasteiger partial charge < -0.3 is 4.74 Å². The summed E-state index contributed by atoms with van der Waals surface area (Å²) in [4.78, 5) is 36.6. The van der Waals surface area contributed by atoms with Gasteiger partial charge in [0.1, 0.15) is 0 Å². The molecule has 1 heterocycles. The molecule has 0 saturated heterocycles. The smallest absolute Gasteiger partial charge is 0.365 e. The van der Waals surface area contributed by atoms with Crippen LogP contribution in [0.5, 0.6) is 5.75 Å². The molecule has 4 rings (SSSR count). The van der Waals surface area contributed by atoms with E-state index in [1.807, 2.05) is 30.3 Å². The summed E-state index contributed by atoms with van der Waals surface area (Å²) < 4.78 is 6.56. The van der Waals surface area contributed by atoms with Gasteiger partial charge in [0.25, 0.3) is 5.56 Å². The first kappa shape index (κ1) is 20.0. The minimum Gasteiger partial charge on any atom is -0.414 e. The first-order valence-corrected chi connectivity index (χ1v) is 9.45. The summed E-state index contributed by atoms with van der Waals surface area (Å²) in [7, 11) is 0. The summed E-state index contributed by atoms with van der Waals surface area (Å²) >= 11 is 0. The SMILES string of the molecule is Cc1ccc([N+](=O)[O-])c(OC(=O)c2nn(Cc3ccccc3)c(=O)c3ccccc23)c1. The lowest BCUT2D eigenvalue weighted by atomic mass is 10.1. The topological polar surface area (TPSA) is 104 Å². The number of aromatic nitrogens is 2. The average Bonchev–Trinajstić information content (AvgIpc) is 2.76.